The Hall–Kier alpha value is -1.71. The van der Waals surface area contributed by atoms with Crippen molar-refractivity contribution in [2.24, 2.45) is 5.73 Å². The lowest BCUT2D eigenvalue weighted by Gasteiger charge is -2.14. The molecule has 0 radical (unpaired) electrons. The highest BCUT2D eigenvalue weighted by atomic mass is 32.1. The molecule has 2 aromatic carbocycles. The van der Waals surface area contributed by atoms with Crippen molar-refractivity contribution < 1.29 is 0 Å². The molecule has 0 aliphatic carbocycles. The van der Waals surface area contributed by atoms with E-state index < -0.39 is 0 Å². The number of aryl methyl sites for hydroxylation is 1. The first kappa shape index (κ1) is 13.3. The lowest BCUT2D eigenvalue weighted by molar-refractivity contribution is 0.690. The predicted octanol–water partition coefficient (Wildman–Crippen LogP) is 3.89. The van der Waals surface area contributed by atoms with E-state index in [1.165, 1.54) is 16.3 Å². The van der Waals surface area contributed by atoms with Gasteiger partial charge in [0.15, 0.2) is 0 Å². The number of nitrogens with zero attached hydrogens (tertiary/aromatic N) is 1. The molecule has 102 valence electrons. The Morgan fingerprint density at radius 2 is 1.95 bits per heavy atom. The van der Waals surface area contributed by atoms with E-state index in [1.54, 1.807) is 11.3 Å². The van der Waals surface area contributed by atoms with Gasteiger partial charge >= 0.3 is 0 Å². The number of hydrogen-bond acceptors (Lipinski definition) is 3. The zero-order valence-corrected chi connectivity index (χ0v) is 12.4. The molecule has 0 saturated heterocycles. The number of aromatic nitrogens is 1. The second-order valence-corrected chi connectivity index (χ2v) is 5.99. The van der Waals surface area contributed by atoms with Crippen molar-refractivity contribution >= 4 is 22.1 Å². The predicted molar refractivity (Wildman–Crippen MR) is 86.3 cm³/mol. The summed E-state index contributed by atoms with van der Waals surface area (Å²) in [4.78, 5) is 4.60. The van der Waals surface area contributed by atoms with Gasteiger partial charge in [-0.3, -0.25) is 0 Å². The molecule has 3 aromatic rings. The van der Waals surface area contributed by atoms with Gasteiger partial charge in [-0.25, -0.2) is 4.98 Å². The number of thiazole rings is 1. The van der Waals surface area contributed by atoms with Crippen LogP contribution >= 0.6 is 11.3 Å². The molecule has 0 aliphatic heterocycles. The molecule has 0 spiro atoms. The Morgan fingerprint density at radius 3 is 2.70 bits per heavy atom. The summed E-state index contributed by atoms with van der Waals surface area (Å²) in [6, 6.07) is 15.0. The fraction of sp³-hybridized carbons (Fsp3) is 0.235. The number of hydrogen-bond donors (Lipinski definition) is 1. The van der Waals surface area contributed by atoms with Gasteiger partial charge in [0.25, 0.3) is 0 Å². The molecule has 0 amide bonds. The average Bonchev–Trinajstić information content (AvgIpc) is 2.91. The van der Waals surface area contributed by atoms with Crippen LogP contribution in [0.15, 0.2) is 47.8 Å². The van der Waals surface area contributed by atoms with Gasteiger partial charge in [-0.2, -0.15) is 0 Å². The zero-order valence-electron chi connectivity index (χ0n) is 11.5. The molecule has 0 fully saturated rings. The van der Waals surface area contributed by atoms with Gasteiger partial charge in [-0.15, -0.1) is 11.3 Å². The molecule has 1 atom stereocenters. The van der Waals surface area contributed by atoms with Gasteiger partial charge in [-0.05, 0) is 29.7 Å². The molecule has 0 bridgehead atoms. The van der Waals surface area contributed by atoms with E-state index >= 15 is 0 Å². The van der Waals surface area contributed by atoms with E-state index in [0.29, 0.717) is 12.5 Å². The van der Waals surface area contributed by atoms with Gasteiger partial charge in [0, 0.05) is 23.5 Å². The maximum Gasteiger partial charge on any atom is 0.0975 e. The summed E-state index contributed by atoms with van der Waals surface area (Å²) >= 11 is 1.72. The van der Waals surface area contributed by atoms with Crippen LogP contribution in [-0.2, 0) is 6.42 Å². The lowest BCUT2D eigenvalue weighted by Crippen LogP contribution is -2.15. The number of benzene rings is 2. The van der Waals surface area contributed by atoms with Crippen molar-refractivity contribution in [1.82, 2.24) is 4.98 Å². The minimum Gasteiger partial charge on any atom is -0.330 e. The zero-order chi connectivity index (χ0) is 13.9. The fourth-order valence-corrected chi connectivity index (χ4v) is 3.48. The molecule has 0 saturated carbocycles. The van der Waals surface area contributed by atoms with E-state index in [4.69, 9.17) is 5.73 Å². The highest BCUT2D eigenvalue weighted by Gasteiger charge is 2.15. The number of fused-ring (bicyclic) bond motifs is 1. The minimum absolute atomic E-state index is 0.305. The Balaban J connectivity index is 1.95. The average molecular weight is 282 g/mol. The van der Waals surface area contributed by atoms with E-state index in [-0.39, 0.29) is 0 Å². The smallest absolute Gasteiger partial charge is 0.0975 e. The van der Waals surface area contributed by atoms with Crippen molar-refractivity contribution in [3.63, 3.8) is 0 Å². The largest absolute Gasteiger partial charge is 0.330 e. The minimum atomic E-state index is 0.305. The Kier molecular flexibility index (Phi) is 3.81. The van der Waals surface area contributed by atoms with Gasteiger partial charge in [-0.1, -0.05) is 42.5 Å². The third kappa shape index (κ3) is 2.60. The maximum absolute atomic E-state index is 5.97. The Morgan fingerprint density at radius 1 is 1.15 bits per heavy atom. The van der Waals surface area contributed by atoms with Gasteiger partial charge < -0.3 is 5.73 Å². The highest BCUT2D eigenvalue weighted by molar-refractivity contribution is 7.09. The highest BCUT2D eigenvalue weighted by Crippen LogP contribution is 2.27. The van der Waals surface area contributed by atoms with E-state index in [9.17, 15) is 0 Å². The van der Waals surface area contributed by atoms with Crippen LogP contribution in [0.4, 0.5) is 0 Å². The van der Waals surface area contributed by atoms with Crippen LogP contribution in [0, 0.1) is 6.92 Å². The molecule has 3 heteroatoms. The SMILES string of the molecule is Cc1csc(C(CN)Cc2cccc3ccccc23)n1. The molecular formula is C17H18N2S. The summed E-state index contributed by atoms with van der Waals surface area (Å²) in [7, 11) is 0. The second kappa shape index (κ2) is 5.73. The maximum atomic E-state index is 5.97. The first-order valence-electron chi connectivity index (χ1n) is 6.86. The first-order valence-corrected chi connectivity index (χ1v) is 7.74. The standard InChI is InChI=1S/C17H18N2S/c1-12-11-20-17(19-12)15(10-18)9-14-7-4-6-13-5-2-3-8-16(13)14/h2-8,11,15H,9-10,18H2,1H3. The number of rotatable bonds is 4. The lowest BCUT2D eigenvalue weighted by atomic mass is 9.95. The van der Waals surface area contributed by atoms with Crippen molar-refractivity contribution in [3.8, 4) is 0 Å². The summed E-state index contributed by atoms with van der Waals surface area (Å²) < 4.78 is 0. The van der Waals surface area contributed by atoms with Crippen molar-refractivity contribution in [3.05, 3.63) is 64.1 Å². The summed E-state index contributed by atoms with van der Waals surface area (Å²) in [5, 5.41) is 5.86. The van der Waals surface area contributed by atoms with Crippen molar-refractivity contribution in [2.45, 2.75) is 19.3 Å². The van der Waals surface area contributed by atoms with E-state index in [0.717, 1.165) is 17.1 Å². The van der Waals surface area contributed by atoms with Crippen LogP contribution in [0.3, 0.4) is 0 Å². The molecule has 1 heterocycles. The summed E-state index contributed by atoms with van der Waals surface area (Å²) in [5.41, 5.74) is 8.41. The normalized spacial score (nSPS) is 12.7. The molecule has 2 nitrogen and oxygen atoms in total. The second-order valence-electron chi connectivity index (χ2n) is 5.10. The molecule has 3 rings (SSSR count). The molecular weight excluding hydrogens is 264 g/mol. The summed E-state index contributed by atoms with van der Waals surface area (Å²) in [6.07, 6.45) is 0.949. The monoisotopic (exact) mass is 282 g/mol. The van der Waals surface area contributed by atoms with Crippen molar-refractivity contribution in [1.29, 1.82) is 0 Å². The molecule has 1 aromatic heterocycles. The van der Waals surface area contributed by atoms with Gasteiger partial charge in [0.05, 0.1) is 5.01 Å². The quantitative estimate of drug-likeness (QED) is 0.788. The Labute approximate surface area is 123 Å². The van der Waals surface area contributed by atoms with Crippen LogP contribution < -0.4 is 5.73 Å². The molecule has 0 aliphatic rings. The number of nitrogens with two attached hydrogens (primary N) is 1. The third-order valence-electron chi connectivity index (χ3n) is 3.62. The molecule has 1 unspecified atom stereocenters. The first-order chi connectivity index (χ1) is 9.78. The van der Waals surface area contributed by atoms with E-state index in [1.807, 2.05) is 6.92 Å². The van der Waals surface area contributed by atoms with Crippen LogP contribution in [0.5, 0.6) is 0 Å². The Bertz CT molecular complexity index is 712. The van der Waals surface area contributed by atoms with Crippen molar-refractivity contribution in [2.75, 3.05) is 6.54 Å². The summed E-state index contributed by atoms with van der Waals surface area (Å²) in [6.45, 7) is 2.67. The topological polar surface area (TPSA) is 38.9 Å². The van der Waals surface area contributed by atoms with Crippen LogP contribution in [-0.4, -0.2) is 11.5 Å². The summed E-state index contributed by atoms with van der Waals surface area (Å²) in [5.74, 6) is 0.305. The fourth-order valence-electron chi connectivity index (χ4n) is 2.57. The van der Waals surface area contributed by atoms with Crippen LogP contribution in [0.2, 0.25) is 0 Å². The molecule has 20 heavy (non-hydrogen) atoms. The van der Waals surface area contributed by atoms with Crippen LogP contribution in [0.25, 0.3) is 10.8 Å². The van der Waals surface area contributed by atoms with Crippen LogP contribution in [0.1, 0.15) is 22.2 Å². The van der Waals surface area contributed by atoms with Gasteiger partial charge in [0.1, 0.15) is 0 Å². The van der Waals surface area contributed by atoms with E-state index in [2.05, 4.69) is 52.8 Å². The molecule has 2 N–H and O–H groups in total. The van der Waals surface area contributed by atoms with Gasteiger partial charge in [0.2, 0.25) is 0 Å². The third-order valence-corrected chi connectivity index (χ3v) is 4.74.